The first-order valence-corrected chi connectivity index (χ1v) is 9.45. The van der Waals surface area contributed by atoms with Crippen molar-refractivity contribution in [2.45, 2.75) is 38.6 Å². The maximum Gasteiger partial charge on any atom is 0.267 e. The summed E-state index contributed by atoms with van der Waals surface area (Å²) in [5.41, 5.74) is 0.597. The van der Waals surface area contributed by atoms with Crippen LogP contribution in [-0.4, -0.2) is 26.2 Å². The van der Waals surface area contributed by atoms with Crippen LogP contribution < -0.4 is 20.1 Å². The molecule has 0 aromatic heterocycles. The van der Waals surface area contributed by atoms with Gasteiger partial charge in [-0.1, -0.05) is 6.42 Å². The molecule has 27 heavy (non-hydrogen) atoms. The molecule has 0 saturated heterocycles. The number of methoxy groups -OCH3 is 2. The molecule has 1 aromatic rings. The number of carbonyl (C=O) groups is 1. The molecule has 0 heterocycles. The zero-order valence-electron chi connectivity index (χ0n) is 16.1. The van der Waals surface area contributed by atoms with Crippen molar-refractivity contribution < 1.29 is 14.3 Å². The molecule has 0 radical (unpaired) electrons. The largest absolute Gasteiger partial charge is 0.493 e. The minimum absolute atomic E-state index is 0.0554. The maximum atomic E-state index is 12.4. The van der Waals surface area contributed by atoms with Crippen LogP contribution in [0.4, 0.5) is 5.69 Å². The molecule has 6 nitrogen and oxygen atoms in total. The molecule has 1 aromatic carbocycles. The highest BCUT2D eigenvalue weighted by atomic mass is 16.5. The number of carbonyl (C=O) groups excluding carboxylic acids is 1. The quantitative estimate of drug-likeness (QED) is 0.568. The summed E-state index contributed by atoms with van der Waals surface area (Å²) in [6.45, 7) is 2.14. The smallest absolute Gasteiger partial charge is 0.267 e. The molecule has 2 aliphatic rings. The first-order valence-electron chi connectivity index (χ1n) is 9.45. The van der Waals surface area contributed by atoms with E-state index in [1.165, 1.54) is 32.8 Å². The van der Waals surface area contributed by atoms with Crippen LogP contribution in [0.25, 0.3) is 0 Å². The third kappa shape index (κ3) is 4.19. The number of anilines is 1. The third-order valence-corrected chi connectivity index (χ3v) is 5.93. The molecule has 4 unspecified atom stereocenters. The molecule has 1 amide bonds. The number of nitrogens with one attached hydrogen (secondary N) is 2. The van der Waals surface area contributed by atoms with Crippen LogP contribution in [0.5, 0.6) is 11.5 Å². The molecule has 2 bridgehead atoms. The second kappa shape index (κ2) is 8.34. The number of hydrogen-bond donors (Lipinski definition) is 2. The SMILES string of the molecule is COc1ccc(NC(=O)/C(C#N)=C\NC(C)C2CC3CCC2C3)cc1OC. The summed E-state index contributed by atoms with van der Waals surface area (Å²) in [4.78, 5) is 12.4. The lowest BCUT2D eigenvalue weighted by molar-refractivity contribution is -0.112. The number of amides is 1. The average Bonchev–Trinajstić information content (AvgIpc) is 3.31. The van der Waals surface area contributed by atoms with Gasteiger partial charge in [0.1, 0.15) is 11.6 Å². The van der Waals surface area contributed by atoms with Crippen molar-refractivity contribution in [3.63, 3.8) is 0 Å². The fourth-order valence-electron chi connectivity index (χ4n) is 4.51. The van der Waals surface area contributed by atoms with Crippen molar-refractivity contribution in [3.05, 3.63) is 30.0 Å². The van der Waals surface area contributed by atoms with Crippen molar-refractivity contribution in [2.75, 3.05) is 19.5 Å². The Morgan fingerprint density at radius 2 is 2.04 bits per heavy atom. The van der Waals surface area contributed by atoms with E-state index in [2.05, 4.69) is 17.6 Å². The van der Waals surface area contributed by atoms with Gasteiger partial charge in [0.05, 0.1) is 14.2 Å². The van der Waals surface area contributed by atoms with Crippen LogP contribution >= 0.6 is 0 Å². The maximum absolute atomic E-state index is 12.4. The van der Waals surface area contributed by atoms with Crippen LogP contribution in [0, 0.1) is 29.1 Å². The summed E-state index contributed by atoms with van der Waals surface area (Å²) in [6, 6.07) is 7.33. The van der Waals surface area contributed by atoms with E-state index >= 15 is 0 Å². The molecule has 3 rings (SSSR count). The molecule has 0 aliphatic heterocycles. The van der Waals surface area contributed by atoms with Gasteiger partial charge in [0, 0.05) is 24.0 Å². The van der Waals surface area contributed by atoms with Gasteiger partial charge >= 0.3 is 0 Å². The highest BCUT2D eigenvalue weighted by Gasteiger charge is 2.41. The molecule has 2 fully saturated rings. The summed E-state index contributed by atoms with van der Waals surface area (Å²) in [5, 5.41) is 15.4. The fourth-order valence-corrected chi connectivity index (χ4v) is 4.51. The lowest BCUT2D eigenvalue weighted by Gasteiger charge is -2.28. The minimum atomic E-state index is -0.447. The van der Waals surface area contributed by atoms with E-state index in [-0.39, 0.29) is 11.6 Å². The Hall–Kier alpha value is -2.68. The predicted octanol–water partition coefficient (Wildman–Crippen LogP) is 3.46. The summed E-state index contributed by atoms with van der Waals surface area (Å²) in [6.07, 6.45) is 6.82. The van der Waals surface area contributed by atoms with E-state index in [1.807, 2.05) is 6.07 Å². The number of hydrogen-bond acceptors (Lipinski definition) is 5. The highest BCUT2D eigenvalue weighted by Crippen LogP contribution is 2.49. The van der Waals surface area contributed by atoms with Gasteiger partial charge in [-0.25, -0.2) is 0 Å². The molecule has 4 atom stereocenters. The van der Waals surface area contributed by atoms with Gasteiger partial charge in [0.2, 0.25) is 0 Å². The second-order valence-corrected chi connectivity index (χ2v) is 7.49. The number of ether oxygens (including phenoxy) is 2. The monoisotopic (exact) mass is 369 g/mol. The Balaban J connectivity index is 1.62. The van der Waals surface area contributed by atoms with Gasteiger partial charge in [-0.2, -0.15) is 5.26 Å². The summed E-state index contributed by atoms with van der Waals surface area (Å²) >= 11 is 0. The van der Waals surface area contributed by atoms with Crippen molar-refractivity contribution in [3.8, 4) is 17.6 Å². The number of fused-ring (bicyclic) bond motifs is 2. The molecular weight excluding hydrogens is 342 g/mol. The first-order chi connectivity index (χ1) is 13.0. The summed E-state index contributed by atoms with van der Waals surface area (Å²) in [5.74, 6) is 2.94. The second-order valence-electron chi connectivity index (χ2n) is 7.49. The standard InChI is InChI=1S/C21H27N3O3/c1-13(18-9-14-4-5-15(18)8-14)23-12-16(11-22)21(25)24-17-6-7-19(26-2)20(10-17)27-3/h6-7,10,12-15,18,23H,4-5,8-9H2,1-3H3,(H,24,25)/b16-12-. The summed E-state index contributed by atoms with van der Waals surface area (Å²) < 4.78 is 10.4. The predicted molar refractivity (Wildman–Crippen MR) is 103 cm³/mol. The lowest BCUT2D eigenvalue weighted by Crippen LogP contribution is -2.33. The molecule has 0 spiro atoms. The number of rotatable bonds is 7. The van der Waals surface area contributed by atoms with Crippen LogP contribution in [0.1, 0.15) is 32.6 Å². The van der Waals surface area contributed by atoms with Gasteiger partial charge in [0.25, 0.3) is 5.91 Å². The Morgan fingerprint density at radius 3 is 2.63 bits per heavy atom. The molecule has 6 heteroatoms. The van der Waals surface area contributed by atoms with Gasteiger partial charge in [0.15, 0.2) is 11.5 Å². The Labute approximate surface area is 160 Å². The normalized spacial score (nSPS) is 24.8. The molecule has 2 aliphatic carbocycles. The Morgan fingerprint density at radius 1 is 1.26 bits per heavy atom. The van der Waals surface area contributed by atoms with E-state index in [0.29, 0.717) is 23.1 Å². The Kier molecular flexibility index (Phi) is 5.90. The van der Waals surface area contributed by atoms with E-state index in [0.717, 1.165) is 11.8 Å². The number of nitrogens with zero attached hydrogens (tertiary/aromatic N) is 1. The zero-order chi connectivity index (χ0) is 19.4. The van der Waals surface area contributed by atoms with Gasteiger partial charge in [-0.05, 0) is 56.1 Å². The van der Waals surface area contributed by atoms with E-state index in [9.17, 15) is 10.1 Å². The third-order valence-electron chi connectivity index (χ3n) is 5.93. The van der Waals surface area contributed by atoms with Crippen molar-refractivity contribution in [1.29, 1.82) is 5.26 Å². The van der Waals surface area contributed by atoms with Crippen LogP contribution in [0.15, 0.2) is 30.0 Å². The van der Waals surface area contributed by atoms with Crippen molar-refractivity contribution in [1.82, 2.24) is 5.32 Å². The Bertz CT molecular complexity index is 768. The average molecular weight is 369 g/mol. The van der Waals surface area contributed by atoms with Crippen LogP contribution in [-0.2, 0) is 4.79 Å². The van der Waals surface area contributed by atoms with Crippen LogP contribution in [0.2, 0.25) is 0 Å². The summed E-state index contributed by atoms with van der Waals surface area (Å²) in [7, 11) is 3.08. The highest BCUT2D eigenvalue weighted by molar-refractivity contribution is 6.06. The minimum Gasteiger partial charge on any atom is -0.493 e. The van der Waals surface area contributed by atoms with E-state index in [1.54, 1.807) is 31.5 Å². The lowest BCUT2D eigenvalue weighted by atomic mass is 9.84. The van der Waals surface area contributed by atoms with Crippen molar-refractivity contribution >= 4 is 11.6 Å². The zero-order valence-corrected chi connectivity index (χ0v) is 16.1. The van der Waals surface area contributed by atoms with Gasteiger partial charge in [-0.15, -0.1) is 0 Å². The van der Waals surface area contributed by atoms with E-state index in [4.69, 9.17) is 9.47 Å². The fraction of sp³-hybridized carbons (Fsp3) is 0.524. The number of nitriles is 1. The number of benzene rings is 1. The van der Waals surface area contributed by atoms with Crippen molar-refractivity contribution in [2.24, 2.45) is 17.8 Å². The van der Waals surface area contributed by atoms with E-state index < -0.39 is 5.91 Å². The topological polar surface area (TPSA) is 83.4 Å². The molecule has 144 valence electrons. The molecule has 2 saturated carbocycles. The first kappa shape index (κ1) is 19.1. The van der Waals surface area contributed by atoms with Crippen LogP contribution in [0.3, 0.4) is 0 Å². The molecule has 2 N–H and O–H groups in total. The molecular formula is C21H27N3O3. The van der Waals surface area contributed by atoms with Gasteiger partial charge < -0.3 is 20.1 Å². The van der Waals surface area contributed by atoms with Gasteiger partial charge in [-0.3, -0.25) is 4.79 Å².